The quantitative estimate of drug-likeness (QED) is 0.795. The van der Waals surface area contributed by atoms with Crippen molar-refractivity contribution in [2.45, 2.75) is 11.8 Å². The third kappa shape index (κ3) is 3.55. The molecule has 0 saturated carbocycles. The summed E-state index contributed by atoms with van der Waals surface area (Å²) in [5.41, 5.74) is 6.60. The van der Waals surface area contributed by atoms with E-state index >= 15 is 0 Å². The molecule has 2 aromatic carbocycles. The van der Waals surface area contributed by atoms with Crippen molar-refractivity contribution in [2.24, 2.45) is 0 Å². The topological polar surface area (TPSA) is 72.2 Å². The Hall–Kier alpha value is -1.14. The summed E-state index contributed by atoms with van der Waals surface area (Å²) < 4.78 is 27.3. The average Bonchev–Trinajstić information content (AvgIpc) is 2.36. The molecular formula is C13H11Cl3N2O2S. The number of aryl methyl sites for hydroxylation is 1. The highest BCUT2D eigenvalue weighted by molar-refractivity contribution is 7.92. The fourth-order valence-corrected chi connectivity index (χ4v) is 4.14. The Bertz CT molecular complexity index is 784. The van der Waals surface area contributed by atoms with Gasteiger partial charge >= 0.3 is 0 Å². The lowest BCUT2D eigenvalue weighted by Crippen LogP contribution is -2.15. The van der Waals surface area contributed by atoms with Crippen molar-refractivity contribution in [1.82, 2.24) is 0 Å². The van der Waals surface area contributed by atoms with Gasteiger partial charge in [0.05, 0.1) is 20.6 Å². The Balaban J connectivity index is 2.50. The molecule has 0 radical (unpaired) electrons. The van der Waals surface area contributed by atoms with Gasteiger partial charge in [-0.05, 0) is 36.8 Å². The molecule has 0 amide bonds. The molecule has 0 spiro atoms. The smallest absolute Gasteiger partial charge is 0.262 e. The summed E-state index contributed by atoms with van der Waals surface area (Å²) in [5.74, 6) is 0. The van der Waals surface area contributed by atoms with Crippen LogP contribution in [0.2, 0.25) is 15.1 Å². The first-order chi connectivity index (χ1) is 9.70. The lowest BCUT2D eigenvalue weighted by molar-refractivity contribution is 0.600. The van der Waals surface area contributed by atoms with Crippen molar-refractivity contribution in [1.29, 1.82) is 0 Å². The number of sulfonamides is 1. The number of nitrogen functional groups attached to an aromatic ring is 1. The molecule has 0 fully saturated rings. The fourth-order valence-electron chi connectivity index (χ4n) is 1.74. The summed E-state index contributed by atoms with van der Waals surface area (Å²) in [6, 6.07) is 7.42. The van der Waals surface area contributed by atoms with Gasteiger partial charge < -0.3 is 5.73 Å². The van der Waals surface area contributed by atoms with E-state index in [0.29, 0.717) is 16.3 Å². The van der Waals surface area contributed by atoms with Gasteiger partial charge in [0.25, 0.3) is 10.0 Å². The Morgan fingerprint density at radius 3 is 2.19 bits per heavy atom. The number of rotatable bonds is 3. The van der Waals surface area contributed by atoms with E-state index < -0.39 is 10.0 Å². The van der Waals surface area contributed by atoms with Crippen molar-refractivity contribution in [3.8, 4) is 0 Å². The van der Waals surface area contributed by atoms with Crippen LogP contribution < -0.4 is 10.5 Å². The Labute approximate surface area is 137 Å². The number of halogens is 3. The van der Waals surface area contributed by atoms with Crippen LogP contribution in [0, 0.1) is 6.92 Å². The van der Waals surface area contributed by atoms with Gasteiger partial charge in [-0.2, -0.15) is 0 Å². The van der Waals surface area contributed by atoms with Crippen LogP contribution >= 0.6 is 34.8 Å². The average molecular weight is 366 g/mol. The molecule has 0 atom stereocenters. The molecular weight excluding hydrogens is 355 g/mol. The van der Waals surface area contributed by atoms with Crippen LogP contribution in [0.5, 0.6) is 0 Å². The number of nitrogens with two attached hydrogens (primary N) is 1. The van der Waals surface area contributed by atoms with Crippen LogP contribution in [0.4, 0.5) is 11.4 Å². The van der Waals surface area contributed by atoms with Gasteiger partial charge in [-0.3, -0.25) is 4.72 Å². The summed E-state index contributed by atoms with van der Waals surface area (Å²) in [4.78, 5) is 0.0598. The molecule has 0 unspecified atom stereocenters. The first-order valence-corrected chi connectivity index (χ1v) is 8.36. The van der Waals surface area contributed by atoms with E-state index in [0.717, 1.165) is 0 Å². The zero-order chi connectivity index (χ0) is 15.8. The normalized spacial score (nSPS) is 11.4. The first-order valence-electron chi connectivity index (χ1n) is 5.74. The Morgan fingerprint density at radius 2 is 1.62 bits per heavy atom. The fraction of sp³-hybridized carbons (Fsp3) is 0.0769. The van der Waals surface area contributed by atoms with E-state index in [4.69, 9.17) is 40.5 Å². The lowest BCUT2D eigenvalue weighted by atomic mass is 10.2. The molecule has 0 aromatic heterocycles. The van der Waals surface area contributed by atoms with Crippen molar-refractivity contribution in [3.05, 3.63) is 51.0 Å². The van der Waals surface area contributed by atoms with E-state index in [1.165, 1.54) is 18.2 Å². The molecule has 0 aliphatic carbocycles. The van der Waals surface area contributed by atoms with Crippen LogP contribution in [0.15, 0.2) is 35.2 Å². The molecule has 21 heavy (non-hydrogen) atoms. The minimum Gasteiger partial charge on any atom is -0.399 e. The second-order valence-corrected chi connectivity index (χ2v) is 7.28. The van der Waals surface area contributed by atoms with E-state index in [9.17, 15) is 8.42 Å². The van der Waals surface area contributed by atoms with Gasteiger partial charge in [0.15, 0.2) is 0 Å². The lowest BCUT2D eigenvalue weighted by Gasteiger charge is -2.13. The monoisotopic (exact) mass is 364 g/mol. The summed E-state index contributed by atoms with van der Waals surface area (Å²) in [7, 11) is -3.87. The minimum atomic E-state index is -3.87. The van der Waals surface area contributed by atoms with Crippen molar-refractivity contribution >= 4 is 56.2 Å². The summed E-state index contributed by atoms with van der Waals surface area (Å²) >= 11 is 17.8. The SMILES string of the molecule is Cc1ccc(N)cc1S(=O)(=O)Nc1c(Cl)cc(Cl)cc1Cl. The molecule has 2 rings (SSSR count). The van der Waals surface area contributed by atoms with Crippen LogP contribution in [0.25, 0.3) is 0 Å². The van der Waals surface area contributed by atoms with E-state index in [2.05, 4.69) is 4.72 Å². The number of anilines is 2. The second kappa shape index (κ2) is 5.93. The first kappa shape index (κ1) is 16.2. The zero-order valence-electron chi connectivity index (χ0n) is 10.8. The number of hydrogen-bond acceptors (Lipinski definition) is 3. The van der Waals surface area contributed by atoms with E-state index in [1.54, 1.807) is 19.1 Å². The van der Waals surface area contributed by atoms with Gasteiger partial charge in [-0.1, -0.05) is 40.9 Å². The maximum Gasteiger partial charge on any atom is 0.262 e. The predicted molar refractivity (Wildman–Crippen MR) is 87.9 cm³/mol. The van der Waals surface area contributed by atoms with Gasteiger partial charge in [0.2, 0.25) is 0 Å². The molecule has 0 saturated heterocycles. The standard InChI is InChI=1S/C13H11Cl3N2O2S/c1-7-2-3-9(17)6-12(7)21(19,20)18-13-10(15)4-8(14)5-11(13)16/h2-6,18H,17H2,1H3. The molecule has 112 valence electrons. The van der Waals surface area contributed by atoms with Gasteiger partial charge in [0, 0.05) is 10.7 Å². The highest BCUT2D eigenvalue weighted by Crippen LogP contribution is 2.35. The van der Waals surface area contributed by atoms with Crippen molar-refractivity contribution in [3.63, 3.8) is 0 Å². The van der Waals surface area contributed by atoms with Crippen LogP contribution in [0.1, 0.15) is 5.56 Å². The third-order valence-corrected chi connectivity index (χ3v) is 5.05. The predicted octanol–water partition coefficient (Wildman–Crippen LogP) is 4.34. The Morgan fingerprint density at radius 1 is 1.05 bits per heavy atom. The molecule has 8 heteroatoms. The third-order valence-electron chi connectivity index (χ3n) is 2.75. The summed E-state index contributed by atoms with van der Waals surface area (Å²) in [5, 5.41) is 0.531. The largest absolute Gasteiger partial charge is 0.399 e. The van der Waals surface area contributed by atoms with Crippen molar-refractivity contribution in [2.75, 3.05) is 10.5 Å². The van der Waals surface area contributed by atoms with Crippen molar-refractivity contribution < 1.29 is 8.42 Å². The summed E-state index contributed by atoms with van der Waals surface area (Å²) in [6.07, 6.45) is 0. The highest BCUT2D eigenvalue weighted by atomic mass is 35.5. The molecule has 0 aliphatic rings. The molecule has 4 nitrogen and oxygen atoms in total. The summed E-state index contributed by atoms with van der Waals surface area (Å²) in [6.45, 7) is 1.67. The zero-order valence-corrected chi connectivity index (χ0v) is 13.9. The van der Waals surface area contributed by atoms with Gasteiger partial charge in [-0.15, -0.1) is 0 Å². The minimum absolute atomic E-state index is 0.0598. The van der Waals surface area contributed by atoms with Gasteiger partial charge in [0.1, 0.15) is 0 Å². The van der Waals surface area contributed by atoms with Gasteiger partial charge in [-0.25, -0.2) is 8.42 Å². The number of benzene rings is 2. The number of hydrogen-bond donors (Lipinski definition) is 2. The molecule has 2 aromatic rings. The van der Waals surface area contributed by atoms with E-state index in [-0.39, 0.29) is 20.6 Å². The molecule has 0 heterocycles. The Kier molecular flexibility index (Phi) is 4.58. The van der Waals surface area contributed by atoms with Crippen LogP contribution in [-0.2, 0) is 10.0 Å². The molecule has 3 N–H and O–H groups in total. The van der Waals surface area contributed by atoms with Crippen LogP contribution in [-0.4, -0.2) is 8.42 Å². The van der Waals surface area contributed by atoms with Crippen LogP contribution in [0.3, 0.4) is 0 Å². The molecule has 0 aliphatic heterocycles. The number of nitrogens with one attached hydrogen (secondary N) is 1. The van der Waals surface area contributed by atoms with E-state index in [1.807, 2.05) is 0 Å². The maximum absolute atomic E-state index is 12.4. The highest BCUT2D eigenvalue weighted by Gasteiger charge is 2.20. The second-order valence-electron chi connectivity index (χ2n) is 4.37. The molecule has 0 bridgehead atoms. The maximum atomic E-state index is 12.4.